The van der Waals surface area contributed by atoms with Gasteiger partial charge in [0.2, 0.25) is 0 Å². The first kappa shape index (κ1) is 19.1. The smallest absolute Gasteiger partial charge is 0.374 e. The quantitative estimate of drug-likeness (QED) is 0.733. The lowest BCUT2D eigenvalue weighted by Gasteiger charge is -2.20. The van der Waals surface area contributed by atoms with Crippen LogP contribution in [0.1, 0.15) is 11.1 Å². The van der Waals surface area contributed by atoms with E-state index in [-0.39, 0.29) is 0 Å². The Morgan fingerprint density at radius 3 is 1.52 bits per heavy atom. The summed E-state index contributed by atoms with van der Waals surface area (Å²) in [6.45, 7) is 3.63. The fourth-order valence-electron chi connectivity index (χ4n) is 1.81. The molecule has 2 aromatic carbocycles. The summed E-state index contributed by atoms with van der Waals surface area (Å²) in [5.41, 5.74) is 4.13. The van der Waals surface area contributed by atoms with Crippen molar-refractivity contribution in [3.8, 4) is 0 Å². The first-order valence-electron chi connectivity index (χ1n) is 7.27. The molecule has 0 heterocycles. The summed E-state index contributed by atoms with van der Waals surface area (Å²) in [6, 6.07) is 20.0. The zero-order valence-corrected chi connectivity index (χ0v) is 14.9. The summed E-state index contributed by atoms with van der Waals surface area (Å²) >= 11 is 0. The summed E-state index contributed by atoms with van der Waals surface area (Å²) in [6.07, 6.45) is 3.78. The average molecular weight is 328 g/mol. The van der Waals surface area contributed by atoms with Crippen LogP contribution < -0.4 is 0 Å². The van der Waals surface area contributed by atoms with Crippen LogP contribution in [0.3, 0.4) is 0 Å². The second-order valence-corrected chi connectivity index (χ2v) is 7.34. The Kier molecular flexibility index (Phi) is 8.86. The zero-order chi connectivity index (χ0) is 17.0. The molecule has 0 fully saturated rings. The molecule has 4 heteroatoms. The summed E-state index contributed by atoms with van der Waals surface area (Å²) in [5, 5.41) is 0. The molecule has 0 aliphatic carbocycles. The van der Waals surface area contributed by atoms with Gasteiger partial charge in [0.15, 0.2) is 0 Å². The van der Waals surface area contributed by atoms with Crippen molar-refractivity contribution >= 4 is 21.0 Å². The van der Waals surface area contributed by atoms with Gasteiger partial charge in [0.1, 0.15) is 0 Å². The molecule has 0 bridgehead atoms. The Labute approximate surface area is 140 Å². The van der Waals surface area contributed by atoms with E-state index in [9.17, 15) is 0 Å². The van der Waals surface area contributed by atoms with Gasteiger partial charge in [-0.05, 0) is 16.8 Å². The van der Waals surface area contributed by atoms with Crippen molar-refractivity contribution in [1.82, 2.24) is 0 Å². The monoisotopic (exact) mass is 328 g/mol. The maximum absolute atomic E-state index is 5.27. The van der Waals surface area contributed by atoms with Crippen molar-refractivity contribution < 1.29 is 13.3 Å². The molecule has 0 saturated heterocycles. The molecule has 122 valence electrons. The predicted molar refractivity (Wildman–Crippen MR) is 98.8 cm³/mol. The van der Waals surface area contributed by atoms with Crippen LogP contribution in [0.2, 0.25) is 0 Å². The van der Waals surface area contributed by atoms with Gasteiger partial charge in [-0.2, -0.15) is 0 Å². The van der Waals surface area contributed by atoms with Crippen molar-refractivity contribution in [1.29, 1.82) is 0 Å². The lowest BCUT2D eigenvalue weighted by Crippen LogP contribution is -2.40. The first-order valence-corrected chi connectivity index (χ1v) is 9.07. The zero-order valence-electron chi connectivity index (χ0n) is 13.9. The van der Waals surface area contributed by atoms with Gasteiger partial charge in [0.25, 0.3) is 0 Å². The van der Waals surface area contributed by atoms with Gasteiger partial charge in [0.05, 0.1) is 0 Å². The molecule has 0 N–H and O–H groups in total. The summed E-state index contributed by atoms with van der Waals surface area (Å²) in [7, 11) is 2.19. The van der Waals surface area contributed by atoms with Crippen LogP contribution in [0, 0.1) is 0 Å². The standard InChI is InChI=1S/C11H16O3Si.C8H8/c1-12-15(13-2,14-3)10-9-11-7-5-4-6-8-11;1-2-8-6-4-3-5-7-8/h4-10H,1-3H3;2-7H,1H2. The van der Waals surface area contributed by atoms with Gasteiger partial charge < -0.3 is 13.3 Å². The Morgan fingerprint density at radius 1 is 0.739 bits per heavy atom. The Balaban J connectivity index is 0.000000277. The highest BCUT2D eigenvalue weighted by Crippen LogP contribution is 2.11. The molecular weight excluding hydrogens is 304 g/mol. The fraction of sp³-hybridized carbons (Fsp3) is 0.158. The maximum Gasteiger partial charge on any atom is 0.528 e. The largest absolute Gasteiger partial charge is 0.528 e. The Morgan fingerprint density at radius 2 is 1.17 bits per heavy atom. The number of hydrogen-bond donors (Lipinski definition) is 0. The molecule has 23 heavy (non-hydrogen) atoms. The van der Waals surface area contributed by atoms with Gasteiger partial charge in [-0.25, -0.2) is 0 Å². The normalized spacial score (nSPS) is 10.9. The molecule has 3 nitrogen and oxygen atoms in total. The molecule has 0 aliphatic rings. The molecule has 0 spiro atoms. The average Bonchev–Trinajstić information content (AvgIpc) is 2.65. The van der Waals surface area contributed by atoms with Crippen LogP contribution in [0.25, 0.3) is 12.2 Å². The molecule has 0 unspecified atom stereocenters. The van der Waals surface area contributed by atoms with Crippen LogP contribution in [-0.4, -0.2) is 30.1 Å². The highest BCUT2D eigenvalue weighted by Gasteiger charge is 2.34. The fourth-order valence-corrected chi connectivity index (χ4v) is 3.11. The molecule has 0 aromatic heterocycles. The predicted octanol–water partition coefficient (Wildman–Crippen LogP) is 4.45. The molecule has 2 rings (SSSR count). The summed E-state index contributed by atoms with van der Waals surface area (Å²) in [5.74, 6) is 0. The third-order valence-electron chi connectivity index (χ3n) is 3.17. The topological polar surface area (TPSA) is 27.7 Å². The van der Waals surface area contributed by atoms with Crippen molar-refractivity contribution in [2.45, 2.75) is 0 Å². The summed E-state index contributed by atoms with van der Waals surface area (Å²) in [4.78, 5) is 0. The molecular formula is C19H24O3Si. The van der Waals surface area contributed by atoms with E-state index < -0.39 is 8.80 Å². The first-order chi connectivity index (χ1) is 11.2. The molecule has 0 saturated carbocycles. The number of rotatable bonds is 6. The van der Waals surface area contributed by atoms with Crippen LogP contribution in [-0.2, 0) is 13.3 Å². The molecule has 0 atom stereocenters. The van der Waals surface area contributed by atoms with Gasteiger partial charge >= 0.3 is 8.80 Å². The van der Waals surface area contributed by atoms with Crippen molar-refractivity contribution in [2.75, 3.05) is 21.3 Å². The van der Waals surface area contributed by atoms with Gasteiger partial charge in [-0.15, -0.1) is 0 Å². The highest BCUT2D eigenvalue weighted by molar-refractivity contribution is 6.66. The highest BCUT2D eigenvalue weighted by atomic mass is 28.4. The third kappa shape index (κ3) is 6.75. The minimum atomic E-state index is -2.58. The van der Waals surface area contributed by atoms with E-state index in [0.29, 0.717) is 0 Å². The van der Waals surface area contributed by atoms with Crippen LogP contribution >= 0.6 is 0 Å². The number of hydrogen-bond acceptors (Lipinski definition) is 3. The minimum Gasteiger partial charge on any atom is -0.374 e. The molecule has 0 aliphatic heterocycles. The van der Waals surface area contributed by atoms with Gasteiger partial charge in [0, 0.05) is 21.3 Å². The summed E-state index contributed by atoms with van der Waals surface area (Å²) < 4.78 is 15.8. The Bertz CT molecular complexity index is 570. The maximum atomic E-state index is 5.27. The van der Waals surface area contributed by atoms with E-state index in [4.69, 9.17) is 13.3 Å². The SMILES string of the molecule is C=Cc1ccccc1.CO[Si](C=Cc1ccccc1)(OC)OC. The second kappa shape index (κ2) is 10.7. The van der Waals surface area contributed by atoms with Gasteiger partial charge in [-0.3, -0.25) is 0 Å². The molecule has 0 radical (unpaired) electrons. The van der Waals surface area contributed by atoms with E-state index in [2.05, 4.69) is 6.58 Å². The molecule has 2 aromatic rings. The molecule has 0 amide bonds. The van der Waals surface area contributed by atoms with Crippen LogP contribution in [0.15, 0.2) is 72.9 Å². The van der Waals surface area contributed by atoms with Crippen molar-refractivity contribution in [3.63, 3.8) is 0 Å². The van der Waals surface area contributed by atoms with E-state index in [0.717, 1.165) is 5.56 Å². The third-order valence-corrected chi connectivity index (χ3v) is 5.45. The van der Waals surface area contributed by atoms with E-state index in [1.165, 1.54) is 5.56 Å². The van der Waals surface area contributed by atoms with Gasteiger partial charge in [-0.1, -0.05) is 79.4 Å². The van der Waals surface area contributed by atoms with E-state index >= 15 is 0 Å². The lowest BCUT2D eigenvalue weighted by molar-refractivity contribution is 0.139. The van der Waals surface area contributed by atoms with Crippen molar-refractivity contribution in [3.05, 3.63) is 84.1 Å². The lowest BCUT2D eigenvalue weighted by atomic mass is 10.2. The Hall–Kier alpha value is -1.98. The van der Waals surface area contributed by atoms with Crippen LogP contribution in [0.4, 0.5) is 0 Å². The van der Waals surface area contributed by atoms with Crippen molar-refractivity contribution in [2.24, 2.45) is 0 Å². The van der Waals surface area contributed by atoms with E-state index in [1.807, 2.05) is 78.5 Å². The number of benzene rings is 2. The van der Waals surface area contributed by atoms with Crippen LogP contribution in [0.5, 0.6) is 0 Å². The second-order valence-electron chi connectivity index (χ2n) is 4.57. The minimum absolute atomic E-state index is 1.10. The van der Waals surface area contributed by atoms with E-state index in [1.54, 1.807) is 21.3 Å².